The van der Waals surface area contributed by atoms with E-state index in [-0.39, 0.29) is 11.5 Å². The zero-order valence-corrected chi connectivity index (χ0v) is 25.0. The average molecular weight is 633 g/mol. The molecule has 0 aliphatic heterocycles. The van der Waals surface area contributed by atoms with Crippen LogP contribution in [0, 0.1) is 5.82 Å². The van der Waals surface area contributed by atoms with E-state index < -0.39 is 21.0 Å². The zero-order chi connectivity index (χ0) is 32.0. The minimum atomic E-state index is -3.66. The fourth-order valence-corrected chi connectivity index (χ4v) is 5.91. The summed E-state index contributed by atoms with van der Waals surface area (Å²) in [6.07, 6.45) is 7.46. The number of rotatable bonds is 7. The lowest BCUT2D eigenvalue weighted by Gasteiger charge is -2.12. The third kappa shape index (κ3) is 5.49. The molecule has 11 nitrogen and oxygen atoms in total. The highest BCUT2D eigenvalue weighted by Gasteiger charge is 2.21. The van der Waals surface area contributed by atoms with Crippen molar-refractivity contribution in [3.8, 4) is 33.8 Å². The number of anilines is 1. The fourth-order valence-electron chi connectivity index (χ4n) is 5.28. The van der Waals surface area contributed by atoms with Crippen LogP contribution >= 0.6 is 0 Å². The van der Waals surface area contributed by atoms with Crippen molar-refractivity contribution in [1.82, 2.24) is 30.1 Å². The summed E-state index contributed by atoms with van der Waals surface area (Å²) in [5.74, 6) is -0.868. The molecule has 5 N–H and O–H groups in total. The molecule has 228 valence electrons. The van der Waals surface area contributed by atoms with E-state index in [1.807, 2.05) is 24.3 Å². The largest absolute Gasteiger partial charge is 0.352 e. The van der Waals surface area contributed by atoms with Gasteiger partial charge in [-0.05, 0) is 65.7 Å². The quantitative estimate of drug-likeness (QED) is 0.175. The molecule has 0 radical (unpaired) electrons. The summed E-state index contributed by atoms with van der Waals surface area (Å²) in [6.45, 7) is 0. The van der Waals surface area contributed by atoms with Crippen molar-refractivity contribution in [2.45, 2.75) is 5.37 Å². The molecule has 13 heteroatoms. The molecule has 0 spiro atoms. The first kappa shape index (κ1) is 29.0. The van der Waals surface area contributed by atoms with Crippen LogP contribution < -0.4 is 11.1 Å². The maximum absolute atomic E-state index is 14.7. The van der Waals surface area contributed by atoms with Crippen LogP contribution in [0.2, 0.25) is 0 Å². The van der Waals surface area contributed by atoms with Gasteiger partial charge in [-0.2, -0.15) is 5.10 Å². The van der Waals surface area contributed by atoms with Crippen molar-refractivity contribution >= 4 is 43.4 Å². The van der Waals surface area contributed by atoms with Gasteiger partial charge in [0.05, 0.1) is 40.5 Å². The van der Waals surface area contributed by atoms with E-state index in [0.29, 0.717) is 67.0 Å². The second-order valence-corrected chi connectivity index (χ2v) is 13.0. The SMILES string of the molecule is CS(=O)(=O)C(N)c1cc(F)cc(-c2cncc3[nH]c(-c4n[nH]c5ccc(-c6cncc(NC(=O)c7ccccc7)c6)nc45)cc23)c1. The molecule has 0 aliphatic carbocycles. The van der Waals surface area contributed by atoms with E-state index >= 15 is 0 Å². The van der Waals surface area contributed by atoms with Crippen LogP contribution in [0.15, 0.2) is 97.6 Å². The van der Waals surface area contributed by atoms with Gasteiger partial charge in [-0.3, -0.25) is 19.9 Å². The highest BCUT2D eigenvalue weighted by molar-refractivity contribution is 7.90. The van der Waals surface area contributed by atoms with Crippen LogP contribution in [-0.2, 0) is 9.84 Å². The Bertz CT molecular complexity index is 2390. The number of carbonyl (C=O) groups is 1. The number of sulfone groups is 1. The Hall–Kier alpha value is -5.79. The Morgan fingerprint density at radius 1 is 0.913 bits per heavy atom. The molecule has 1 unspecified atom stereocenters. The minimum Gasteiger partial charge on any atom is -0.352 e. The third-order valence-corrected chi connectivity index (χ3v) is 8.75. The van der Waals surface area contributed by atoms with E-state index in [4.69, 9.17) is 10.7 Å². The first-order chi connectivity index (χ1) is 22.1. The maximum atomic E-state index is 14.7. The smallest absolute Gasteiger partial charge is 0.255 e. The monoisotopic (exact) mass is 632 g/mol. The topological polar surface area (TPSA) is 172 Å². The van der Waals surface area contributed by atoms with E-state index in [1.54, 1.807) is 61.2 Å². The summed E-state index contributed by atoms with van der Waals surface area (Å²) >= 11 is 0. The van der Waals surface area contributed by atoms with Gasteiger partial charge in [-0.15, -0.1) is 0 Å². The molecule has 5 heterocycles. The molecule has 0 saturated heterocycles. The molecule has 1 amide bonds. The zero-order valence-electron chi connectivity index (χ0n) is 24.2. The fraction of sp³-hybridized carbons (Fsp3) is 0.0606. The second-order valence-electron chi connectivity index (χ2n) is 10.8. The molecule has 0 saturated carbocycles. The maximum Gasteiger partial charge on any atom is 0.255 e. The first-order valence-electron chi connectivity index (χ1n) is 14.0. The summed E-state index contributed by atoms with van der Waals surface area (Å²) in [6, 6.07) is 20.2. The summed E-state index contributed by atoms with van der Waals surface area (Å²) in [4.78, 5) is 29.5. The van der Waals surface area contributed by atoms with Crippen molar-refractivity contribution in [3.05, 3.63) is 115 Å². The van der Waals surface area contributed by atoms with Crippen molar-refractivity contribution in [3.63, 3.8) is 0 Å². The number of aromatic amines is 2. The number of H-pyrrole nitrogens is 2. The number of hydrogen-bond acceptors (Lipinski definition) is 8. The summed E-state index contributed by atoms with van der Waals surface area (Å²) in [5, 5.41) is 9.74. The van der Waals surface area contributed by atoms with Crippen molar-refractivity contribution in [1.29, 1.82) is 0 Å². The van der Waals surface area contributed by atoms with Gasteiger partial charge in [0.2, 0.25) is 0 Å². The number of amides is 1. The molecule has 46 heavy (non-hydrogen) atoms. The van der Waals surface area contributed by atoms with E-state index in [0.717, 1.165) is 12.3 Å². The van der Waals surface area contributed by atoms with Crippen LogP contribution in [0.1, 0.15) is 21.3 Å². The van der Waals surface area contributed by atoms with Crippen LogP contribution in [0.4, 0.5) is 10.1 Å². The number of fused-ring (bicyclic) bond motifs is 2. The summed E-state index contributed by atoms with van der Waals surface area (Å²) in [5.41, 5.74) is 12.5. The first-order valence-corrected chi connectivity index (χ1v) is 16.0. The molecule has 5 aromatic heterocycles. The lowest BCUT2D eigenvalue weighted by atomic mass is 10.0. The molecule has 0 fully saturated rings. The lowest BCUT2D eigenvalue weighted by molar-refractivity contribution is 0.102. The van der Waals surface area contributed by atoms with Gasteiger partial charge in [-0.1, -0.05) is 18.2 Å². The van der Waals surface area contributed by atoms with Gasteiger partial charge in [0.25, 0.3) is 5.91 Å². The number of halogens is 1. The Kier molecular flexibility index (Phi) is 7.11. The average Bonchev–Trinajstić information content (AvgIpc) is 3.68. The number of pyridine rings is 3. The van der Waals surface area contributed by atoms with E-state index in [1.165, 1.54) is 6.07 Å². The lowest BCUT2D eigenvalue weighted by Crippen LogP contribution is -2.20. The van der Waals surface area contributed by atoms with Gasteiger partial charge in [0, 0.05) is 40.7 Å². The van der Waals surface area contributed by atoms with Gasteiger partial charge >= 0.3 is 0 Å². The van der Waals surface area contributed by atoms with Crippen molar-refractivity contribution < 1.29 is 17.6 Å². The number of hydrogen-bond donors (Lipinski definition) is 4. The van der Waals surface area contributed by atoms with E-state index in [2.05, 4.69) is 30.5 Å². The molecular formula is C33H25FN8O3S. The molecular weight excluding hydrogens is 607 g/mol. The van der Waals surface area contributed by atoms with Crippen LogP contribution in [0.3, 0.4) is 0 Å². The van der Waals surface area contributed by atoms with Gasteiger partial charge in [0.1, 0.15) is 22.4 Å². The van der Waals surface area contributed by atoms with Crippen molar-refractivity contribution in [2.24, 2.45) is 5.73 Å². The minimum absolute atomic E-state index is 0.137. The number of aromatic nitrogens is 6. The predicted molar refractivity (Wildman–Crippen MR) is 174 cm³/mol. The van der Waals surface area contributed by atoms with Crippen molar-refractivity contribution in [2.75, 3.05) is 11.6 Å². The van der Waals surface area contributed by atoms with Gasteiger partial charge < -0.3 is 16.0 Å². The Balaban J connectivity index is 1.25. The van der Waals surface area contributed by atoms with E-state index in [9.17, 15) is 17.6 Å². The number of benzene rings is 2. The highest BCUT2D eigenvalue weighted by Crippen LogP contribution is 2.35. The normalized spacial score (nSPS) is 12.4. The Morgan fingerprint density at radius 3 is 2.52 bits per heavy atom. The third-order valence-electron chi connectivity index (χ3n) is 7.56. The molecule has 0 aliphatic rings. The number of carbonyl (C=O) groups excluding carboxylic acids is 1. The molecule has 7 aromatic rings. The standard InChI is InChI=1S/C33H25FN8O3S/c1-46(44,45)32(35)20-9-19(10-22(34)11-20)25-16-37-17-29-24(25)13-28(39-29)31-30-27(41-42-31)8-7-26(40-30)21-12-23(15-36-14-21)38-33(43)18-5-3-2-4-6-18/h2-17,32,39H,35H2,1H3,(H,38,43)(H,41,42). The van der Waals surface area contributed by atoms with Crippen LogP contribution in [0.25, 0.3) is 55.7 Å². The Morgan fingerprint density at radius 2 is 1.72 bits per heavy atom. The summed E-state index contributed by atoms with van der Waals surface area (Å²) < 4.78 is 38.8. The number of nitrogens with one attached hydrogen (secondary N) is 3. The second kappa shape index (κ2) is 11.3. The predicted octanol–water partition coefficient (Wildman–Crippen LogP) is 5.62. The molecule has 7 rings (SSSR count). The molecule has 2 aromatic carbocycles. The van der Waals surface area contributed by atoms with Gasteiger partial charge in [0.15, 0.2) is 9.84 Å². The molecule has 1 atom stereocenters. The highest BCUT2D eigenvalue weighted by atomic mass is 32.2. The number of nitrogens with zero attached hydrogens (tertiary/aromatic N) is 4. The van der Waals surface area contributed by atoms with Crippen LogP contribution in [0.5, 0.6) is 0 Å². The van der Waals surface area contributed by atoms with Gasteiger partial charge in [-0.25, -0.2) is 17.8 Å². The summed E-state index contributed by atoms with van der Waals surface area (Å²) in [7, 11) is -3.66. The molecule has 0 bridgehead atoms. The van der Waals surface area contributed by atoms with Crippen LogP contribution in [-0.4, -0.2) is 50.7 Å². The Labute approximate surface area is 261 Å². The number of nitrogens with two attached hydrogens (primary N) is 1.